The van der Waals surface area contributed by atoms with Crippen LogP contribution in [0.5, 0.6) is 0 Å². The third kappa shape index (κ3) is 4.58. The molecule has 1 atom stereocenters. The lowest BCUT2D eigenvalue weighted by atomic mass is 9.99. The first-order chi connectivity index (χ1) is 9.60. The van der Waals surface area contributed by atoms with E-state index >= 15 is 0 Å². The second-order valence-corrected chi connectivity index (χ2v) is 7.45. The smallest absolute Gasteiger partial charge is 0.0410 e. The largest absolute Gasteiger partial charge is 0.310 e. The Kier molecular flexibility index (Phi) is 6.58. The van der Waals surface area contributed by atoms with Crippen molar-refractivity contribution in [3.05, 3.63) is 65.8 Å². The van der Waals surface area contributed by atoms with Crippen LogP contribution in [-0.2, 0) is 6.42 Å². The lowest BCUT2D eigenvalue weighted by Gasteiger charge is -2.20. The highest BCUT2D eigenvalue weighted by molar-refractivity contribution is 14.1. The molecule has 1 N–H and O–H groups in total. The summed E-state index contributed by atoms with van der Waals surface area (Å²) in [6.07, 6.45) is 0.973. The molecule has 0 saturated heterocycles. The molecule has 0 amide bonds. The molecule has 106 valence electrons. The fraction of sp³-hybridized carbons (Fsp3) is 0.250. The molecule has 2 aromatic rings. The Balaban J connectivity index is 2.26. The number of nitrogens with one attached hydrogen (secondary N) is 1. The summed E-state index contributed by atoms with van der Waals surface area (Å²) in [5.41, 5.74) is 2.62. The number of benzene rings is 2. The topological polar surface area (TPSA) is 12.0 Å². The van der Waals surface area contributed by atoms with Crippen LogP contribution in [0, 0.1) is 7.14 Å². The van der Waals surface area contributed by atoms with Gasteiger partial charge >= 0.3 is 0 Å². The first kappa shape index (κ1) is 16.5. The maximum absolute atomic E-state index is 6.15. The molecule has 0 spiro atoms. The van der Waals surface area contributed by atoms with E-state index in [0.29, 0.717) is 6.04 Å². The Bertz CT molecular complexity index is 569. The van der Waals surface area contributed by atoms with E-state index in [1.807, 2.05) is 6.07 Å². The van der Waals surface area contributed by atoms with Crippen LogP contribution in [0.25, 0.3) is 0 Å². The van der Waals surface area contributed by atoms with Crippen molar-refractivity contribution >= 4 is 56.8 Å². The highest BCUT2D eigenvalue weighted by Crippen LogP contribution is 2.26. The molecular weight excluding hydrogens is 495 g/mol. The van der Waals surface area contributed by atoms with Crippen LogP contribution in [0.1, 0.15) is 24.1 Å². The predicted octanol–water partition coefficient (Wildman–Crippen LogP) is 5.44. The van der Waals surface area contributed by atoms with Crippen LogP contribution in [0.2, 0.25) is 5.02 Å². The summed E-state index contributed by atoms with van der Waals surface area (Å²) in [5.74, 6) is 0. The molecule has 0 fully saturated rings. The van der Waals surface area contributed by atoms with Gasteiger partial charge in [0.1, 0.15) is 0 Å². The van der Waals surface area contributed by atoms with E-state index in [1.165, 1.54) is 18.3 Å². The van der Waals surface area contributed by atoms with Crippen molar-refractivity contribution in [2.45, 2.75) is 19.4 Å². The van der Waals surface area contributed by atoms with Crippen LogP contribution in [-0.4, -0.2) is 6.54 Å². The number of hydrogen-bond acceptors (Lipinski definition) is 1. The first-order valence-electron chi connectivity index (χ1n) is 6.53. The highest BCUT2D eigenvalue weighted by Gasteiger charge is 2.14. The lowest BCUT2D eigenvalue weighted by Crippen LogP contribution is -2.23. The van der Waals surface area contributed by atoms with E-state index in [9.17, 15) is 0 Å². The monoisotopic (exact) mass is 511 g/mol. The van der Waals surface area contributed by atoms with Crippen molar-refractivity contribution in [1.82, 2.24) is 5.32 Å². The third-order valence-electron chi connectivity index (χ3n) is 3.14. The van der Waals surface area contributed by atoms with E-state index in [-0.39, 0.29) is 0 Å². The number of hydrogen-bond donors (Lipinski definition) is 1. The van der Waals surface area contributed by atoms with E-state index in [4.69, 9.17) is 11.6 Å². The fourth-order valence-corrected chi connectivity index (χ4v) is 3.43. The van der Waals surface area contributed by atoms with Crippen LogP contribution in [0.3, 0.4) is 0 Å². The van der Waals surface area contributed by atoms with Crippen molar-refractivity contribution in [2.75, 3.05) is 6.54 Å². The van der Waals surface area contributed by atoms with E-state index < -0.39 is 0 Å². The minimum atomic E-state index is 0.297. The van der Waals surface area contributed by atoms with Gasteiger partial charge in [-0.05, 0) is 99.6 Å². The summed E-state index contributed by atoms with van der Waals surface area (Å²) in [5, 5.41) is 4.36. The van der Waals surface area contributed by atoms with Gasteiger partial charge in [0, 0.05) is 18.2 Å². The van der Waals surface area contributed by atoms with E-state index in [2.05, 4.69) is 93.8 Å². The quantitative estimate of drug-likeness (QED) is 0.527. The van der Waals surface area contributed by atoms with Gasteiger partial charge in [0.05, 0.1) is 0 Å². The second kappa shape index (κ2) is 7.96. The van der Waals surface area contributed by atoms with Gasteiger partial charge in [0.2, 0.25) is 0 Å². The van der Waals surface area contributed by atoms with Gasteiger partial charge in [-0.1, -0.05) is 30.7 Å². The zero-order valence-electron chi connectivity index (χ0n) is 11.2. The Morgan fingerprint density at radius 3 is 2.45 bits per heavy atom. The average Bonchev–Trinajstić information content (AvgIpc) is 2.43. The van der Waals surface area contributed by atoms with E-state index in [0.717, 1.165) is 18.0 Å². The Hall–Kier alpha value is 0.150. The molecule has 2 aromatic carbocycles. The van der Waals surface area contributed by atoms with Crippen molar-refractivity contribution in [3.8, 4) is 0 Å². The SMILES string of the molecule is CCNC(Cc1ccc(I)cc1)c1cc(Cl)ccc1I. The zero-order chi connectivity index (χ0) is 14.5. The van der Waals surface area contributed by atoms with Gasteiger partial charge in [-0.3, -0.25) is 0 Å². The molecular formula is C16H16ClI2N. The Morgan fingerprint density at radius 2 is 1.80 bits per heavy atom. The molecule has 0 heterocycles. The summed E-state index contributed by atoms with van der Waals surface area (Å²) in [6.45, 7) is 3.08. The van der Waals surface area contributed by atoms with Gasteiger partial charge in [-0.25, -0.2) is 0 Å². The van der Waals surface area contributed by atoms with Crippen molar-refractivity contribution in [1.29, 1.82) is 0 Å². The number of halogens is 3. The maximum Gasteiger partial charge on any atom is 0.0410 e. The van der Waals surface area contributed by atoms with E-state index in [1.54, 1.807) is 0 Å². The van der Waals surface area contributed by atoms with Crippen LogP contribution < -0.4 is 5.32 Å². The maximum atomic E-state index is 6.15. The third-order valence-corrected chi connectivity index (χ3v) is 5.07. The van der Waals surface area contributed by atoms with Crippen LogP contribution in [0.15, 0.2) is 42.5 Å². The highest BCUT2D eigenvalue weighted by atomic mass is 127. The van der Waals surface area contributed by atoms with Gasteiger partial charge in [-0.15, -0.1) is 0 Å². The summed E-state index contributed by atoms with van der Waals surface area (Å²) in [7, 11) is 0. The summed E-state index contributed by atoms with van der Waals surface area (Å²) < 4.78 is 2.52. The molecule has 1 nitrogen and oxygen atoms in total. The fourth-order valence-electron chi connectivity index (χ4n) is 2.18. The summed E-state index contributed by atoms with van der Waals surface area (Å²) >= 11 is 10.9. The number of likely N-dealkylation sites (N-methyl/N-ethyl adjacent to an activating group) is 1. The number of rotatable bonds is 5. The molecule has 0 bridgehead atoms. The van der Waals surface area contributed by atoms with Crippen molar-refractivity contribution < 1.29 is 0 Å². The molecule has 0 saturated carbocycles. The first-order valence-corrected chi connectivity index (χ1v) is 9.06. The average molecular weight is 512 g/mol. The lowest BCUT2D eigenvalue weighted by molar-refractivity contribution is 0.547. The van der Waals surface area contributed by atoms with Gasteiger partial charge < -0.3 is 5.32 Å². The molecule has 4 heteroatoms. The van der Waals surface area contributed by atoms with Gasteiger partial charge in [-0.2, -0.15) is 0 Å². The molecule has 0 aliphatic carbocycles. The molecule has 2 rings (SSSR count). The molecule has 0 radical (unpaired) electrons. The second-order valence-electron chi connectivity index (χ2n) is 4.61. The molecule has 0 aliphatic heterocycles. The molecule has 0 aliphatic rings. The van der Waals surface area contributed by atoms with Gasteiger partial charge in [0.25, 0.3) is 0 Å². The Labute approximate surface area is 152 Å². The Morgan fingerprint density at radius 1 is 1.10 bits per heavy atom. The zero-order valence-corrected chi connectivity index (χ0v) is 16.2. The normalized spacial score (nSPS) is 12.4. The summed E-state index contributed by atoms with van der Waals surface area (Å²) in [6, 6.07) is 15.1. The molecule has 0 aromatic heterocycles. The predicted molar refractivity (Wildman–Crippen MR) is 103 cm³/mol. The van der Waals surface area contributed by atoms with Crippen molar-refractivity contribution in [3.63, 3.8) is 0 Å². The minimum absolute atomic E-state index is 0.297. The van der Waals surface area contributed by atoms with Crippen LogP contribution >= 0.6 is 56.8 Å². The molecule has 20 heavy (non-hydrogen) atoms. The van der Waals surface area contributed by atoms with Gasteiger partial charge in [0.15, 0.2) is 0 Å². The van der Waals surface area contributed by atoms with Crippen LogP contribution in [0.4, 0.5) is 0 Å². The molecule has 1 unspecified atom stereocenters. The minimum Gasteiger partial charge on any atom is -0.310 e. The summed E-state index contributed by atoms with van der Waals surface area (Å²) in [4.78, 5) is 0. The van der Waals surface area contributed by atoms with Crippen molar-refractivity contribution in [2.24, 2.45) is 0 Å². The standard InChI is InChI=1S/C16H16ClI2N/c1-2-20-16(9-11-3-6-13(18)7-4-11)14-10-12(17)5-8-15(14)19/h3-8,10,16,20H,2,9H2,1H3.